The highest BCUT2D eigenvalue weighted by Gasteiger charge is 2.12. The van der Waals surface area contributed by atoms with Crippen LogP contribution < -0.4 is 14.8 Å². The summed E-state index contributed by atoms with van der Waals surface area (Å²) in [4.78, 5) is 20.9. The van der Waals surface area contributed by atoms with Gasteiger partial charge in [-0.3, -0.25) is 9.78 Å². The highest BCUT2D eigenvalue weighted by Crippen LogP contribution is 2.29. The number of rotatable bonds is 10. The van der Waals surface area contributed by atoms with Crippen LogP contribution in [0.15, 0.2) is 85.7 Å². The Labute approximate surface area is 193 Å². The molecular weight excluding hydrogens is 416 g/mol. The molecular formula is C26H26N4O3. The SMILES string of the molecule is CCOc1cc(C(=O)NCc2cccc(Cn3ccnc3)c2)ccc1OCc1ccncc1. The van der Waals surface area contributed by atoms with E-state index in [4.69, 9.17) is 9.47 Å². The molecule has 4 rings (SSSR count). The summed E-state index contributed by atoms with van der Waals surface area (Å²) < 4.78 is 13.6. The van der Waals surface area contributed by atoms with Crippen molar-refractivity contribution in [2.45, 2.75) is 26.6 Å². The molecule has 168 valence electrons. The van der Waals surface area contributed by atoms with E-state index in [1.165, 1.54) is 0 Å². The fourth-order valence-corrected chi connectivity index (χ4v) is 3.39. The van der Waals surface area contributed by atoms with E-state index in [0.29, 0.717) is 36.8 Å². The van der Waals surface area contributed by atoms with Gasteiger partial charge in [-0.2, -0.15) is 0 Å². The van der Waals surface area contributed by atoms with Crippen LogP contribution in [-0.2, 0) is 19.7 Å². The standard InChI is InChI=1S/C26H26N4O3/c1-2-32-25-15-23(6-7-24(25)33-18-20-8-10-27-11-9-20)26(31)29-16-21-4-3-5-22(14-21)17-30-13-12-28-19-30/h3-15,19H,2,16-18H2,1H3,(H,29,31). The molecule has 0 radical (unpaired) electrons. The second-order valence-corrected chi connectivity index (χ2v) is 7.48. The molecule has 7 heteroatoms. The average molecular weight is 443 g/mol. The highest BCUT2D eigenvalue weighted by atomic mass is 16.5. The fraction of sp³-hybridized carbons (Fsp3) is 0.192. The lowest BCUT2D eigenvalue weighted by atomic mass is 10.1. The molecule has 2 aromatic carbocycles. The minimum atomic E-state index is -0.170. The van der Waals surface area contributed by atoms with Gasteiger partial charge < -0.3 is 19.4 Å². The van der Waals surface area contributed by atoms with Crippen molar-refractivity contribution in [1.29, 1.82) is 0 Å². The number of pyridine rings is 1. The van der Waals surface area contributed by atoms with Gasteiger partial charge in [-0.25, -0.2) is 4.98 Å². The average Bonchev–Trinajstić information content (AvgIpc) is 3.36. The van der Waals surface area contributed by atoms with Gasteiger partial charge in [0.1, 0.15) is 6.61 Å². The number of nitrogens with one attached hydrogen (secondary N) is 1. The summed E-state index contributed by atoms with van der Waals surface area (Å²) >= 11 is 0. The van der Waals surface area contributed by atoms with Crippen LogP contribution in [0.1, 0.15) is 34.0 Å². The van der Waals surface area contributed by atoms with Gasteiger partial charge in [0, 0.05) is 43.4 Å². The Kier molecular flexibility index (Phi) is 7.33. The predicted octanol–water partition coefficient (Wildman–Crippen LogP) is 4.23. The molecule has 2 heterocycles. The minimum Gasteiger partial charge on any atom is -0.490 e. The van der Waals surface area contributed by atoms with Crippen molar-refractivity contribution in [2.75, 3.05) is 6.61 Å². The summed E-state index contributed by atoms with van der Waals surface area (Å²) in [6, 6.07) is 17.2. The van der Waals surface area contributed by atoms with Gasteiger partial charge in [0.25, 0.3) is 5.91 Å². The van der Waals surface area contributed by atoms with Crippen molar-refractivity contribution in [3.8, 4) is 11.5 Å². The Balaban J connectivity index is 1.39. The van der Waals surface area contributed by atoms with E-state index in [1.807, 2.05) is 42.0 Å². The van der Waals surface area contributed by atoms with Crippen LogP contribution in [0.5, 0.6) is 11.5 Å². The van der Waals surface area contributed by atoms with Crippen LogP contribution in [0.2, 0.25) is 0 Å². The number of hydrogen-bond acceptors (Lipinski definition) is 5. The lowest BCUT2D eigenvalue weighted by Gasteiger charge is -2.14. The van der Waals surface area contributed by atoms with E-state index in [9.17, 15) is 4.79 Å². The Morgan fingerprint density at radius 2 is 1.76 bits per heavy atom. The molecule has 2 aromatic heterocycles. The number of hydrogen-bond donors (Lipinski definition) is 1. The molecule has 0 saturated carbocycles. The maximum Gasteiger partial charge on any atom is 0.251 e. The van der Waals surface area contributed by atoms with Gasteiger partial charge in [-0.05, 0) is 53.9 Å². The first-order chi connectivity index (χ1) is 16.2. The van der Waals surface area contributed by atoms with Gasteiger partial charge >= 0.3 is 0 Å². The van der Waals surface area contributed by atoms with Crippen LogP contribution in [0.3, 0.4) is 0 Å². The molecule has 0 atom stereocenters. The topological polar surface area (TPSA) is 78.3 Å². The number of benzene rings is 2. The minimum absolute atomic E-state index is 0.170. The summed E-state index contributed by atoms with van der Waals surface area (Å²) in [6.07, 6.45) is 8.92. The van der Waals surface area contributed by atoms with E-state index < -0.39 is 0 Å². The van der Waals surface area contributed by atoms with E-state index >= 15 is 0 Å². The first-order valence-electron chi connectivity index (χ1n) is 10.8. The Morgan fingerprint density at radius 1 is 0.909 bits per heavy atom. The molecule has 4 aromatic rings. The number of imidazole rings is 1. The van der Waals surface area contributed by atoms with Crippen molar-refractivity contribution >= 4 is 5.91 Å². The van der Waals surface area contributed by atoms with E-state index in [1.54, 1.807) is 43.1 Å². The van der Waals surface area contributed by atoms with Crippen LogP contribution in [0.25, 0.3) is 0 Å². The Hall–Kier alpha value is -4.13. The summed E-state index contributed by atoms with van der Waals surface area (Å²) in [7, 11) is 0. The number of ether oxygens (including phenoxy) is 2. The number of carbonyl (C=O) groups excluding carboxylic acids is 1. The van der Waals surface area contributed by atoms with Gasteiger partial charge in [0.15, 0.2) is 11.5 Å². The number of carbonyl (C=O) groups is 1. The Bertz CT molecular complexity index is 1180. The largest absolute Gasteiger partial charge is 0.490 e. The van der Waals surface area contributed by atoms with Crippen LogP contribution in [0, 0.1) is 0 Å². The molecule has 7 nitrogen and oxygen atoms in total. The number of nitrogens with zero attached hydrogens (tertiary/aromatic N) is 3. The molecule has 1 N–H and O–H groups in total. The van der Waals surface area contributed by atoms with Crippen molar-refractivity contribution in [2.24, 2.45) is 0 Å². The molecule has 0 aliphatic rings. The fourth-order valence-electron chi connectivity index (χ4n) is 3.39. The normalized spacial score (nSPS) is 10.6. The van der Waals surface area contributed by atoms with Crippen LogP contribution >= 0.6 is 0 Å². The van der Waals surface area contributed by atoms with E-state index in [-0.39, 0.29) is 5.91 Å². The van der Waals surface area contributed by atoms with Crippen molar-refractivity contribution < 1.29 is 14.3 Å². The smallest absolute Gasteiger partial charge is 0.251 e. The zero-order valence-corrected chi connectivity index (χ0v) is 18.5. The Morgan fingerprint density at radius 3 is 2.55 bits per heavy atom. The second-order valence-electron chi connectivity index (χ2n) is 7.48. The third kappa shape index (κ3) is 6.20. The maximum absolute atomic E-state index is 12.8. The first-order valence-corrected chi connectivity index (χ1v) is 10.8. The molecule has 0 saturated heterocycles. The first kappa shape index (κ1) is 22.1. The third-order valence-electron chi connectivity index (χ3n) is 5.02. The predicted molar refractivity (Wildman–Crippen MR) is 125 cm³/mol. The van der Waals surface area contributed by atoms with Crippen LogP contribution in [0.4, 0.5) is 0 Å². The molecule has 0 fully saturated rings. The molecule has 0 aliphatic heterocycles. The quantitative estimate of drug-likeness (QED) is 0.398. The van der Waals surface area contributed by atoms with E-state index in [2.05, 4.69) is 27.4 Å². The molecule has 1 amide bonds. The van der Waals surface area contributed by atoms with Crippen molar-refractivity contribution in [3.63, 3.8) is 0 Å². The van der Waals surface area contributed by atoms with Gasteiger partial charge in [-0.15, -0.1) is 0 Å². The molecule has 0 aliphatic carbocycles. The lowest BCUT2D eigenvalue weighted by Crippen LogP contribution is -2.23. The number of aromatic nitrogens is 3. The zero-order valence-electron chi connectivity index (χ0n) is 18.5. The van der Waals surface area contributed by atoms with Crippen LogP contribution in [-0.4, -0.2) is 27.0 Å². The van der Waals surface area contributed by atoms with Gasteiger partial charge in [-0.1, -0.05) is 24.3 Å². The molecule has 0 spiro atoms. The summed E-state index contributed by atoms with van der Waals surface area (Å²) in [6.45, 7) is 3.93. The summed E-state index contributed by atoms with van der Waals surface area (Å²) in [5, 5.41) is 2.99. The van der Waals surface area contributed by atoms with Crippen molar-refractivity contribution in [1.82, 2.24) is 19.9 Å². The monoisotopic (exact) mass is 442 g/mol. The zero-order chi connectivity index (χ0) is 22.9. The number of amides is 1. The molecule has 0 bridgehead atoms. The summed E-state index contributed by atoms with van der Waals surface area (Å²) in [5.74, 6) is 0.968. The maximum atomic E-state index is 12.8. The second kappa shape index (κ2) is 10.9. The lowest BCUT2D eigenvalue weighted by molar-refractivity contribution is 0.0950. The van der Waals surface area contributed by atoms with Gasteiger partial charge in [0.2, 0.25) is 0 Å². The molecule has 0 unspecified atom stereocenters. The van der Waals surface area contributed by atoms with Crippen molar-refractivity contribution in [3.05, 3.63) is 108 Å². The summed E-state index contributed by atoms with van der Waals surface area (Å²) in [5.41, 5.74) is 3.70. The van der Waals surface area contributed by atoms with E-state index in [0.717, 1.165) is 23.2 Å². The highest BCUT2D eigenvalue weighted by molar-refractivity contribution is 5.94. The third-order valence-corrected chi connectivity index (χ3v) is 5.02. The van der Waals surface area contributed by atoms with Gasteiger partial charge in [0.05, 0.1) is 12.9 Å². The molecule has 33 heavy (non-hydrogen) atoms.